The summed E-state index contributed by atoms with van der Waals surface area (Å²) in [5, 5.41) is 17.3. The first-order valence-electron chi connectivity index (χ1n) is 7.67. The summed E-state index contributed by atoms with van der Waals surface area (Å²) < 4.78 is 1.31. The number of amides is 1. The van der Waals surface area contributed by atoms with E-state index in [0.29, 0.717) is 11.4 Å². The van der Waals surface area contributed by atoms with Gasteiger partial charge in [-0.05, 0) is 35.1 Å². The van der Waals surface area contributed by atoms with E-state index in [9.17, 15) is 14.9 Å². The van der Waals surface area contributed by atoms with Crippen molar-refractivity contribution in [2.45, 2.75) is 13.5 Å². The van der Waals surface area contributed by atoms with E-state index in [0.717, 1.165) is 11.1 Å². The third-order valence-corrected chi connectivity index (χ3v) is 3.72. The van der Waals surface area contributed by atoms with Crippen LogP contribution < -0.4 is 5.32 Å². The molecule has 1 heterocycles. The van der Waals surface area contributed by atoms with Crippen LogP contribution in [0.25, 0.3) is 11.1 Å². The number of hydrogen-bond donors (Lipinski definition) is 1. The van der Waals surface area contributed by atoms with E-state index in [1.807, 2.05) is 54.6 Å². The highest BCUT2D eigenvalue weighted by atomic mass is 16.6. The molecule has 25 heavy (non-hydrogen) atoms. The molecule has 0 radical (unpaired) electrons. The van der Waals surface area contributed by atoms with Gasteiger partial charge in [-0.15, -0.1) is 0 Å². The maximum atomic E-state index is 12.1. The lowest BCUT2D eigenvalue weighted by Gasteiger charge is -2.06. The summed E-state index contributed by atoms with van der Waals surface area (Å²) in [5.74, 6) is -0.564. The van der Waals surface area contributed by atoms with Crippen molar-refractivity contribution >= 4 is 17.4 Å². The zero-order chi connectivity index (χ0) is 17.8. The minimum Gasteiger partial charge on any atom is -0.358 e. The summed E-state index contributed by atoms with van der Waals surface area (Å²) in [5.41, 5.74) is 3.36. The van der Waals surface area contributed by atoms with Gasteiger partial charge in [-0.25, -0.2) is 0 Å². The second-order valence-corrected chi connectivity index (χ2v) is 5.55. The Morgan fingerprint density at radius 3 is 2.36 bits per heavy atom. The van der Waals surface area contributed by atoms with Crippen LogP contribution in [0, 0.1) is 17.0 Å². The number of carbonyl (C=O) groups excluding carboxylic acids is 1. The molecule has 0 atom stereocenters. The third-order valence-electron chi connectivity index (χ3n) is 3.72. The first kappa shape index (κ1) is 16.4. The highest BCUT2D eigenvalue weighted by Crippen LogP contribution is 2.21. The largest absolute Gasteiger partial charge is 0.390 e. The molecule has 2 aromatic carbocycles. The predicted octanol–water partition coefficient (Wildman–Crippen LogP) is 3.41. The number of aromatic nitrogens is 2. The van der Waals surface area contributed by atoms with Gasteiger partial charge in [-0.1, -0.05) is 42.5 Å². The van der Waals surface area contributed by atoms with Gasteiger partial charge in [0.05, 0.1) is 16.9 Å². The highest BCUT2D eigenvalue weighted by Gasteiger charge is 2.17. The van der Waals surface area contributed by atoms with Gasteiger partial charge in [0.25, 0.3) is 0 Å². The maximum absolute atomic E-state index is 12.1. The lowest BCUT2D eigenvalue weighted by Crippen LogP contribution is -2.20. The van der Waals surface area contributed by atoms with Gasteiger partial charge in [0.1, 0.15) is 6.54 Å². The van der Waals surface area contributed by atoms with Crippen molar-refractivity contribution in [3.63, 3.8) is 0 Å². The van der Waals surface area contributed by atoms with Crippen LogP contribution in [0.15, 0.2) is 60.7 Å². The summed E-state index contributed by atoms with van der Waals surface area (Å²) >= 11 is 0. The molecule has 0 aliphatic carbocycles. The van der Waals surface area contributed by atoms with Gasteiger partial charge in [0.2, 0.25) is 5.91 Å². The number of rotatable bonds is 5. The quantitative estimate of drug-likeness (QED) is 0.571. The fourth-order valence-corrected chi connectivity index (χ4v) is 2.46. The molecule has 126 valence electrons. The van der Waals surface area contributed by atoms with Gasteiger partial charge in [-0.2, -0.15) is 4.68 Å². The standard InChI is InChI=1S/C18H16N4O3/c1-13-11-17(22(24)25)20-21(13)12-18(23)19-16-9-7-15(8-10-16)14-5-3-2-4-6-14/h2-11H,12H2,1H3,(H,19,23). The van der Waals surface area contributed by atoms with Gasteiger partial charge in [0, 0.05) is 5.69 Å². The van der Waals surface area contributed by atoms with Gasteiger partial charge in [-0.3, -0.25) is 4.79 Å². The van der Waals surface area contributed by atoms with Crippen LogP contribution in [-0.4, -0.2) is 20.6 Å². The smallest absolute Gasteiger partial charge is 0.358 e. The zero-order valence-electron chi connectivity index (χ0n) is 13.5. The normalized spacial score (nSPS) is 10.4. The molecule has 0 saturated heterocycles. The number of nitrogens with zero attached hydrogens (tertiary/aromatic N) is 3. The summed E-state index contributed by atoms with van der Waals surface area (Å²) in [4.78, 5) is 22.3. The minimum atomic E-state index is -0.580. The van der Waals surface area contributed by atoms with Crippen molar-refractivity contribution in [2.75, 3.05) is 5.32 Å². The molecule has 0 unspecified atom stereocenters. The number of aryl methyl sites for hydroxylation is 1. The van der Waals surface area contributed by atoms with E-state index in [1.54, 1.807) is 6.92 Å². The van der Waals surface area contributed by atoms with Crippen LogP contribution in [0.2, 0.25) is 0 Å². The SMILES string of the molecule is Cc1cc([N+](=O)[O-])nn1CC(=O)Nc1ccc(-c2ccccc2)cc1. The second kappa shape index (κ2) is 6.96. The predicted molar refractivity (Wildman–Crippen MR) is 94.1 cm³/mol. The molecular weight excluding hydrogens is 320 g/mol. The average molecular weight is 336 g/mol. The lowest BCUT2D eigenvalue weighted by atomic mass is 10.1. The second-order valence-electron chi connectivity index (χ2n) is 5.55. The number of nitrogens with one attached hydrogen (secondary N) is 1. The van der Waals surface area contributed by atoms with Crippen molar-refractivity contribution in [2.24, 2.45) is 0 Å². The van der Waals surface area contributed by atoms with E-state index < -0.39 is 4.92 Å². The number of hydrogen-bond acceptors (Lipinski definition) is 4. The summed E-state index contributed by atoms with van der Waals surface area (Å²) in [6.45, 7) is 1.59. The van der Waals surface area contributed by atoms with Crippen LogP contribution >= 0.6 is 0 Å². The highest BCUT2D eigenvalue weighted by molar-refractivity contribution is 5.90. The zero-order valence-corrected chi connectivity index (χ0v) is 13.5. The Hall–Kier alpha value is -3.48. The molecule has 0 aliphatic rings. The molecule has 1 N–H and O–H groups in total. The van der Waals surface area contributed by atoms with Crippen LogP contribution in [0.5, 0.6) is 0 Å². The third kappa shape index (κ3) is 3.89. The molecule has 0 fully saturated rings. The van der Waals surface area contributed by atoms with E-state index in [1.165, 1.54) is 10.7 Å². The Morgan fingerprint density at radius 2 is 1.76 bits per heavy atom. The molecule has 7 nitrogen and oxygen atoms in total. The Bertz CT molecular complexity index is 902. The first-order chi connectivity index (χ1) is 12.0. The molecule has 0 bridgehead atoms. The molecule has 0 saturated carbocycles. The number of benzene rings is 2. The summed E-state index contributed by atoms with van der Waals surface area (Å²) in [6, 6.07) is 18.7. The monoisotopic (exact) mass is 336 g/mol. The molecule has 3 rings (SSSR count). The van der Waals surface area contributed by atoms with E-state index in [2.05, 4.69) is 10.4 Å². The number of anilines is 1. The van der Waals surface area contributed by atoms with E-state index in [4.69, 9.17) is 0 Å². The summed E-state index contributed by atoms with van der Waals surface area (Å²) in [6.07, 6.45) is 0. The lowest BCUT2D eigenvalue weighted by molar-refractivity contribution is -0.389. The summed E-state index contributed by atoms with van der Waals surface area (Å²) in [7, 11) is 0. The Morgan fingerprint density at radius 1 is 1.12 bits per heavy atom. The fraction of sp³-hybridized carbons (Fsp3) is 0.111. The molecule has 0 aliphatic heterocycles. The van der Waals surface area contributed by atoms with Crippen molar-refractivity contribution in [1.82, 2.24) is 9.78 Å². The average Bonchev–Trinajstić information content (AvgIpc) is 2.97. The molecule has 7 heteroatoms. The fourth-order valence-electron chi connectivity index (χ4n) is 2.46. The molecular formula is C18H16N4O3. The van der Waals surface area contributed by atoms with Crippen LogP contribution in [0.1, 0.15) is 5.69 Å². The van der Waals surface area contributed by atoms with Crippen molar-refractivity contribution in [3.05, 3.63) is 76.5 Å². The minimum absolute atomic E-state index is 0.0832. The molecule has 1 amide bonds. The van der Waals surface area contributed by atoms with Crippen molar-refractivity contribution in [1.29, 1.82) is 0 Å². The topological polar surface area (TPSA) is 90.1 Å². The first-order valence-corrected chi connectivity index (χ1v) is 7.67. The van der Waals surface area contributed by atoms with Crippen LogP contribution in [-0.2, 0) is 11.3 Å². The maximum Gasteiger partial charge on any atom is 0.390 e. The van der Waals surface area contributed by atoms with Crippen molar-refractivity contribution < 1.29 is 9.72 Å². The van der Waals surface area contributed by atoms with Crippen LogP contribution in [0.4, 0.5) is 11.5 Å². The Balaban J connectivity index is 1.66. The number of nitro groups is 1. The van der Waals surface area contributed by atoms with Gasteiger partial charge in [0.15, 0.2) is 0 Å². The molecule has 1 aromatic heterocycles. The van der Waals surface area contributed by atoms with E-state index >= 15 is 0 Å². The van der Waals surface area contributed by atoms with Crippen LogP contribution in [0.3, 0.4) is 0 Å². The Kier molecular flexibility index (Phi) is 4.56. The molecule has 0 spiro atoms. The number of carbonyl (C=O) groups is 1. The van der Waals surface area contributed by atoms with E-state index in [-0.39, 0.29) is 18.3 Å². The van der Waals surface area contributed by atoms with Gasteiger partial charge < -0.3 is 15.4 Å². The molecule has 3 aromatic rings. The van der Waals surface area contributed by atoms with Gasteiger partial charge >= 0.3 is 5.82 Å². The van der Waals surface area contributed by atoms with Crippen molar-refractivity contribution in [3.8, 4) is 11.1 Å². The Labute approximate surface area is 144 Å².